The largest absolute Gasteiger partial charge is 0.396 e. The highest BCUT2D eigenvalue weighted by Gasteiger charge is 2.30. The van der Waals surface area contributed by atoms with Crippen LogP contribution in [0.15, 0.2) is 60.7 Å². The fraction of sp³-hybridized carbons (Fsp3) is 0.185. The van der Waals surface area contributed by atoms with Crippen LogP contribution in [0.1, 0.15) is 33.7 Å². The fourth-order valence-electron chi connectivity index (χ4n) is 4.32. The number of rotatable bonds is 7. The van der Waals surface area contributed by atoms with Crippen molar-refractivity contribution in [3.8, 4) is 16.9 Å². The molecule has 0 radical (unpaired) electrons. The van der Waals surface area contributed by atoms with Gasteiger partial charge in [-0.2, -0.15) is 5.10 Å². The van der Waals surface area contributed by atoms with Crippen LogP contribution in [0, 0.1) is 17.6 Å². The molecule has 39 heavy (non-hydrogen) atoms. The minimum Gasteiger partial charge on any atom is -0.396 e. The monoisotopic (exact) mass is 552 g/mol. The van der Waals surface area contributed by atoms with E-state index in [0.717, 1.165) is 0 Å². The number of nitrogen functional groups attached to an aromatic ring is 1. The Labute approximate surface area is 226 Å². The van der Waals surface area contributed by atoms with E-state index < -0.39 is 29.3 Å². The van der Waals surface area contributed by atoms with Gasteiger partial charge in [-0.25, -0.2) is 18.4 Å². The van der Waals surface area contributed by atoms with Crippen LogP contribution < -0.4 is 16.4 Å². The Morgan fingerprint density at radius 3 is 2.51 bits per heavy atom. The molecule has 200 valence electrons. The number of nitrogens with zero attached hydrogens (tertiary/aromatic N) is 3. The highest BCUT2D eigenvalue weighted by atomic mass is 35.5. The molecule has 0 atom stereocenters. The van der Waals surface area contributed by atoms with Crippen molar-refractivity contribution in [2.24, 2.45) is 5.92 Å². The van der Waals surface area contributed by atoms with Crippen LogP contribution in [-0.4, -0.2) is 44.3 Å². The van der Waals surface area contributed by atoms with Gasteiger partial charge in [0, 0.05) is 30.3 Å². The first-order valence-corrected chi connectivity index (χ1v) is 12.4. The molecule has 12 heteroatoms. The van der Waals surface area contributed by atoms with Crippen LogP contribution in [-0.2, 0) is 0 Å². The molecule has 5 N–H and O–H groups in total. The van der Waals surface area contributed by atoms with Crippen molar-refractivity contribution in [3.63, 3.8) is 0 Å². The van der Waals surface area contributed by atoms with Crippen molar-refractivity contribution < 1.29 is 23.5 Å². The Balaban J connectivity index is 1.44. The van der Waals surface area contributed by atoms with Crippen molar-refractivity contribution >= 4 is 35.1 Å². The molecule has 1 aliphatic carbocycles. The number of halogens is 3. The number of hydrogen-bond acceptors (Lipinski definition) is 6. The first-order chi connectivity index (χ1) is 18.7. The van der Waals surface area contributed by atoms with Gasteiger partial charge in [0.15, 0.2) is 23.1 Å². The van der Waals surface area contributed by atoms with E-state index in [2.05, 4.69) is 20.7 Å². The van der Waals surface area contributed by atoms with Crippen LogP contribution in [0.5, 0.6) is 0 Å². The predicted octanol–water partition coefficient (Wildman–Crippen LogP) is 4.20. The molecular weight excluding hydrogens is 530 g/mol. The number of anilines is 2. The third-order valence-electron chi connectivity index (χ3n) is 6.45. The molecular formula is C27H23ClF2N6O3. The number of nitrogens with one attached hydrogen (secondary N) is 2. The van der Waals surface area contributed by atoms with Gasteiger partial charge in [0.2, 0.25) is 0 Å². The van der Waals surface area contributed by atoms with Gasteiger partial charge < -0.3 is 21.5 Å². The first kappa shape index (κ1) is 26.3. The molecule has 2 amide bonds. The van der Waals surface area contributed by atoms with Crippen LogP contribution in [0.3, 0.4) is 0 Å². The highest BCUT2D eigenvalue weighted by molar-refractivity contribution is 6.34. The predicted molar refractivity (Wildman–Crippen MR) is 142 cm³/mol. The summed E-state index contributed by atoms with van der Waals surface area (Å²) >= 11 is 6.29. The van der Waals surface area contributed by atoms with Crippen LogP contribution >= 0.6 is 11.6 Å². The number of carbonyl (C=O) groups excluding carboxylic acids is 2. The van der Waals surface area contributed by atoms with Crippen molar-refractivity contribution in [1.29, 1.82) is 0 Å². The van der Waals surface area contributed by atoms with Gasteiger partial charge in [-0.3, -0.25) is 9.59 Å². The minimum absolute atomic E-state index is 0.0189. The zero-order chi connectivity index (χ0) is 27.7. The van der Waals surface area contributed by atoms with Gasteiger partial charge in [0.25, 0.3) is 11.8 Å². The molecule has 0 saturated heterocycles. The van der Waals surface area contributed by atoms with Crippen LogP contribution in [0.25, 0.3) is 16.9 Å². The van der Waals surface area contributed by atoms with Crippen LogP contribution in [0.2, 0.25) is 5.02 Å². The van der Waals surface area contributed by atoms with Gasteiger partial charge in [-0.1, -0.05) is 35.9 Å². The van der Waals surface area contributed by atoms with Crippen molar-refractivity contribution in [2.75, 3.05) is 17.7 Å². The molecule has 4 aromatic rings. The summed E-state index contributed by atoms with van der Waals surface area (Å²) in [4.78, 5) is 30.0. The third-order valence-corrected chi connectivity index (χ3v) is 6.78. The van der Waals surface area contributed by atoms with E-state index in [1.165, 1.54) is 28.9 Å². The second-order valence-corrected chi connectivity index (χ2v) is 9.59. The number of aliphatic hydroxyl groups excluding tert-OH is 1. The van der Waals surface area contributed by atoms with Gasteiger partial charge in [-0.05, 0) is 43.0 Å². The van der Waals surface area contributed by atoms with Crippen molar-refractivity contribution in [2.45, 2.75) is 18.9 Å². The third kappa shape index (κ3) is 5.45. The SMILES string of the molecule is Nc1nc(-c2ccc(Cl)c(C(=O)Nc3cc(C(=O)NC4CC(CO)C4)nn3-c3ccccc3)c2)c(F)cc1F. The van der Waals surface area contributed by atoms with E-state index in [0.29, 0.717) is 24.6 Å². The lowest BCUT2D eigenvalue weighted by atomic mass is 9.81. The summed E-state index contributed by atoms with van der Waals surface area (Å²) < 4.78 is 29.4. The summed E-state index contributed by atoms with van der Waals surface area (Å²) in [6.07, 6.45) is 1.35. The molecule has 0 bridgehead atoms. The van der Waals surface area contributed by atoms with E-state index in [-0.39, 0.29) is 51.9 Å². The van der Waals surface area contributed by atoms with Crippen LogP contribution in [0.4, 0.5) is 20.4 Å². The summed E-state index contributed by atoms with van der Waals surface area (Å²) in [5, 5.41) is 19.3. The summed E-state index contributed by atoms with van der Waals surface area (Å²) in [7, 11) is 0. The maximum Gasteiger partial charge on any atom is 0.272 e. The number of benzene rings is 2. The lowest BCUT2D eigenvalue weighted by molar-refractivity contribution is 0.0827. The van der Waals surface area contributed by atoms with Gasteiger partial charge in [0.05, 0.1) is 16.3 Å². The molecule has 0 unspecified atom stereocenters. The number of carbonyl (C=O) groups is 2. The van der Waals surface area contributed by atoms with E-state index in [9.17, 15) is 23.5 Å². The number of para-hydroxylation sites is 1. The minimum atomic E-state index is -0.997. The van der Waals surface area contributed by atoms with Gasteiger partial charge in [0.1, 0.15) is 11.5 Å². The first-order valence-electron chi connectivity index (χ1n) is 12.0. The summed E-state index contributed by atoms with van der Waals surface area (Å²) in [5.41, 5.74) is 6.06. The molecule has 1 aliphatic rings. The Kier molecular flexibility index (Phi) is 7.27. The number of pyridine rings is 1. The molecule has 5 rings (SSSR count). The molecule has 0 spiro atoms. The maximum atomic E-state index is 14.4. The molecule has 0 aliphatic heterocycles. The van der Waals surface area contributed by atoms with E-state index >= 15 is 0 Å². The topological polar surface area (TPSA) is 135 Å². The molecule has 2 heterocycles. The Morgan fingerprint density at radius 1 is 1.05 bits per heavy atom. The lowest BCUT2D eigenvalue weighted by Gasteiger charge is -2.34. The fourth-order valence-corrected chi connectivity index (χ4v) is 4.53. The second kappa shape index (κ2) is 10.8. The summed E-state index contributed by atoms with van der Waals surface area (Å²) in [5.74, 6) is -3.16. The number of amides is 2. The number of aliphatic hydroxyl groups is 1. The molecule has 2 aromatic carbocycles. The van der Waals surface area contributed by atoms with Gasteiger partial charge in [-0.15, -0.1) is 0 Å². The van der Waals surface area contributed by atoms with Crippen molar-refractivity contribution in [1.82, 2.24) is 20.1 Å². The molecule has 1 saturated carbocycles. The standard InChI is InChI=1S/C27H23ClF2N6O3/c28-19-7-6-15(24-20(29)11-21(30)25(31)34-24)10-18(19)26(38)33-23-12-22(27(39)32-16-8-14(9-16)13-37)35-36(23)17-4-2-1-3-5-17/h1-7,10-12,14,16,37H,8-9,13H2,(H2,31,34)(H,32,39)(H,33,38). The van der Waals surface area contributed by atoms with Gasteiger partial charge >= 0.3 is 0 Å². The van der Waals surface area contributed by atoms with E-state index in [1.54, 1.807) is 24.3 Å². The maximum absolute atomic E-state index is 14.4. The Morgan fingerprint density at radius 2 is 1.79 bits per heavy atom. The molecule has 2 aromatic heterocycles. The second-order valence-electron chi connectivity index (χ2n) is 9.19. The molecule has 9 nitrogen and oxygen atoms in total. The summed E-state index contributed by atoms with van der Waals surface area (Å²) in [6, 6.07) is 15.0. The molecule has 1 fully saturated rings. The van der Waals surface area contributed by atoms with Crippen molar-refractivity contribution in [3.05, 3.63) is 88.6 Å². The number of aromatic nitrogens is 3. The smallest absolute Gasteiger partial charge is 0.272 e. The lowest BCUT2D eigenvalue weighted by Crippen LogP contribution is -2.45. The highest BCUT2D eigenvalue weighted by Crippen LogP contribution is 2.29. The summed E-state index contributed by atoms with van der Waals surface area (Å²) in [6.45, 7) is 0.0756. The zero-order valence-corrected chi connectivity index (χ0v) is 21.1. The normalized spacial score (nSPS) is 16.4. The average molecular weight is 553 g/mol. The van der Waals surface area contributed by atoms with E-state index in [1.807, 2.05) is 6.07 Å². The Hall–Kier alpha value is -4.35. The quantitative estimate of drug-likeness (QED) is 0.271. The number of nitrogens with two attached hydrogens (primary N) is 1. The van der Waals surface area contributed by atoms with E-state index in [4.69, 9.17) is 17.3 Å². The number of hydrogen-bond donors (Lipinski definition) is 4. The Bertz CT molecular complexity index is 1560. The average Bonchev–Trinajstić information content (AvgIpc) is 3.32. The zero-order valence-electron chi connectivity index (χ0n) is 20.4.